The van der Waals surface area contributed by atoms with Crippen LogP contribution in [0.1, 0.15) is 17.7 Å². The maximum atomic E-state index is 8.71. The van der Waals surface area contributed by atoms with Gasteiger partial charge in [0.1, 0.15) is 0 Å². The molecular weight excluding hydrogens is 252 g/mol. The molecule has 1 aliphatic heterocycles. The van der Waals surface area contributed by atoms with E-state index in [1.54, 1.807) is 11.3 Å². The number of nitrogens with zero attached hydrogens (tertiary/aromatic N) is 2. The summed E-state index contributed by atoms with van der Waals surface area (Å²) in [4.78, 5) is 7.77. The van der Waals surface area contributed by atoms with E-state index in [2.05, 4.69) is 15.3 Å². The molecule has 0 aromatic carbocycles. The lowest BCUT2D eigenvalue weighted by Crippen LogP contribution is -2.36. The summed E-state index contributed by atoms with van der Waals surface area (Å²) in [6.07, 6.45) is 4.23. The number of aromatic nitrogens is 1. The van der Waals surface area contributed by atoms with E-state index in [4.69, 9.17) is 15.7 Å². The van der Waals surface area contributed by atoms with Crippen LogP contribution in [0.25, 0.3) is 0 Å². The van der Waals surface area contributed by atoms with Gasteiger partial charge in [-0.05, 0) is 12.8 Å². The molecule has 0 amide bonds. The van der Waals surface area contributed by atoms with Gasteiger partial charge in [-0.2, -0.15) is 0 Å². The molecule has 0 unspecified atom stereocenters. The number of ether oxygens (including phenoxy) is 1. The van der Waals surface area contributed by atoms with Crippen molar-refractivity contribution < 1.29 is 9.84 Å². The van der Waals surface area contributed by atoms with E-state index >= 15 is 0 Å². The van der Waals surface area contributed by atoms with Crippen molar-refractivity contribution in [2.75, 3.05) is 31.7 Å². The van der Waals surface area contributed by atoms with Crippen LogP contribution in [-0.4, -0.2) is 47.4 Å². The molecule has 0 bridgehead atoms. The molecule has 2 rings (SSSR count). The van der Waals surface area contributed by atoms with Gasteiger partial charge in [0.05, 0.1) is 19.3 Å². The van der Waals surface area contributed by atoms with E-state index < -0.39 is 0 Å². The van der Waals surface area contributed by atoms with Gasteiger partial charge in [-0.25, -0.2) is 10.8 Å². The molecule has 0 spiro atoms. The number of hydrogen-bond acceptors (Lipinski definition) is 7. The third-order valence-electron chi connectivity index (χ3n) is 3.04. The minimum absolute atomic E-state index is 0.107. The van der Waals surface area contributed by atoms with Crippen LogP contribution in [0.2, 0.25) is 0 Å². The number of nitrogen functional groups attached to an aromatic ring is 1. The average molecular weight is 272 g/mol. The number of aliphatic hydroxyl groups is 1. The van der Waals surface area contributed by atoms with Crippen LogP contribution in [-0.2, 0) is 11.3 Å². The predicted molar refractivity (Wildman–Crippen MR) is 71.3 cm³/mol. The van der Waals surface area contributed by atoms with Crippen LogP contribution in [0.15, 0.2) is 6.20 Å². The van der Waals surface area contributed by atoms with Crippen molar-refractivity contribution in [2.24, 2.45) is 5.84 Å². The topological polar surface area (TPSA) is 83.6 Å². The van der Waals surface area contributed by atoms with E-state index in [0.717, 1.165) is 37.6 Å². The van der Waals surface area contributed by atoms with Crippen molar-refractivity contribution in [1.29, 1.82) is 0 Å². The summed E-state index contributed by atoms with van der Waals surface area (Å²) in [6.45, 7) is 3.53. The van der Waals surface area contributed by atoms with E-state index in [9.17, 15) is 0 Å². The number of hydrogen-bond donors (Lipinski definition) is 3. The van der Waals surface area contributed by atoms with Crippen LogP contribution in [0, 0.1) is 0 Å². The second-order valence-electron chi connectivity index (χ2n) is 4.35. The highest BCUT2D eigenvalue weighted by atomic mass is 32.1. The number of hydrazine groups is 1. The average Bonchev–Trinajstić information content (AvgIpc) is 2.86. The lowest BCUT2D eigenvalue weighted by atomic mass is 10.1. The zero-order valence-electron chi connectivity index (χ0n) is 10.3. The maximum absolute atomic E-state index is 8.71. The van der Waals surface area contributed by atoms with E-state index in [1.807, 2.05) is 6.20 Å². The Morgan fingerprint density at radius 3 is 2.94 bits per heavy atom. The lowest BCUT2D eigenvalue weighted by molar-refractivity contribution is -0.00887. The largest absolute Gasteiger partial charge is 0.394 e. The Labute approximate surface area is 111 Å². The standard InChI is InChI=1S/C11H20N4O2S/c12-14-11-13-7-10(18-11)8-15-3-1-9(2-4-15)17-6-5-16/h7,9,16H,1-6,8,12H2,(H,13,14). The van der Waals surface area contributed by atoms with Gasteiger partial charge in [0.15, 0.2) is 5.13 Å². The quantitative estimate of drug-likeness (QED) is 0.513. The first-order valence-corrected chi connectivity index (χ1v) is 6.99. The van der Waals surface area contributed by atoms with E-state index in [0.29, 0.717) is 12.7 Å². The third kappa shape index (κ3) is 3.89. The summed E-state index contributed by atoms with van der Waals surface area (Å²) in [5.74, 6) is 5.31. The maximum Gasteiger partial charge on any atom is 0.197 e. The van der Waals surface area contributed by atoms with Gasteiger partial charge in [-0.3, -0.25) is 10.3 Å². The van der Waals surface area contributed by atoms with Crippen molar-refractivity contribution in [1.82, 2.24) is 9.88 Å². The highest BCUT2D eigenvalue weighted by molar-refractivity contribution is 7.15. The summed E-state index contributed by atoms with van der Waals surface area (Å²) in [7, 11) is 0. The minimum atomic E-state index is 0.107. The predicted octanol–water partition coefficient (Wildman–Crippen LogP) is 0.402. The zero-order valence-corrected chi connectivity index (χ0v) is 11.2. The van der Waals surface area contributed by atoms with Crippen LogP contribution in [0.5, 0.6) is 0 Å². The van der Waals surface area contributed by atoms with Gasteiger partial charge in [-0.15, -0.1) is 0 Å². The second kappa shape index (κ2) is 7.01. The van der Waals surface area contributed by atoms with Gasteiger partial charge in [0.25, 0.3) is 0 Å². The Balaban J connectivity index is 1.73. The summed E-state index contributed by atoms with van der Waals surface area (Å²) in [5, 5.41) is 9.47. The molecule has 102 valence electrons. The van der Waals surface area contributed by atoms with Crippen molar-refractivity contribution in [2.45, 2.75) is 25.5 Å². The number of nitrogens with one attached hydrogen (secondary N) is 1. The number of anilines is 1. The van der Waals surface area contributed by atoms with Crippen LogP contribution >= 0.6 is 11.3 Å². The fraction of sp³-hybridized carbons (Fsp3) is 0.727. The number of rotatable bonds is 6. The smallest absolute Gasteiger partial charge is 0.197 e. The molecule has 0 radical (unpaired) electrons. The van der Waals surface area contributed by atoms with E-state index in [1.165, 1.54) is 4.88 Å². The summed E-state index contributed by atoms with van der Waals surface area (Å²) in [5.41, 5.74) is 2.56. The van der Waals surface area contributed by atoms with Gasteiger partial charge in [-0.1, -0.05) is 11.3 Å². The van der Waals surface area contributed by atoms with E-state index in [-0.39, 0.29) is 6.61 Å². The van der Waals surface area contributed by atoms with Crippen molar-refractivity contribution in [3.8, 4) is 0 Å². The first-order valence-electron chi connectivity index (χ1n) is 6.18. The number of likely N-dealkylation sites (tertiary alicyclic amines) is 1. The first-order chi connectivity index (χ1) is 8.81. The highest BCUT2D eigenvalue weighted by Gasteiger charge is 2.20. The van der Waals surface area contributed by atoms with Gasteiger partial charge in [0.2, 0.25) is 0 Å². The lowest BCUT2D eigenvalue weighted by Gasteiger charge is -2.31. The molecule has 1 aromatic heterocycles. The van der Waals surface area contributed by atoms with Gasteiger partial charge >= 0.3 is 0 Å². The van der Waals surface area contributed by atoms with Gasteiger partial charge in [0, 0.05) is 30.7 Å². The number of aliphatic hydroxyl groups excluding tert-OH is 1. The van der Waals surface area contributed by atoms with Crippen molar-refractivity contribution in [3.63, 3.8) is 0 Å². The number of piperidine rings is 1. The molecule has 1 aromatic rings. The number of nitrogens with two attached hydrogens (primary N) is 1. The summed E-state index contributed by atoms with van der Waals surface area (Å²) in [6, 6.07) is 0. The fourth-order valence-electron chi connectivity index (χ4n) is 2.12. The SMILES string of the molecule is NNc1ncc(CN2CCC(OCCO)CC2)s1. The normalized spacial score (nSPS) is 18.1. The molecule has 1 fully saturated rings. The molecule has 0 aliphatic carbocycles. The molecule has 4 N–H and O–H groups in total. The summed E-state index contributed by atoms with van der Waals surface area (Å²) < 4.78 is 5.54. The molecule has 18 heavy (non-hydrogen) atoms. The van der Waals surface area contributed by atoms with Crippen LogP contribution in [0.3, 0.4) is 0 Å². The Morgan fingerprint density at radius 2 is 2.33 bits per heavy atom. The zero-order chi connectivity index (χ0) is 12.8. The molecule has 6 nitrogen and oxygen atoms in total. The van der Waals surface area contributed by atoms with Crippen molar-refractivity contribution in [3.05, 3.63) is 11.1 Å². The van der Waals surface area contributed by atoms with Crippen LogP contribution in [0.4, 0.5) is 5.13 Å². The molecule has 0 saturated carbocycles. The Morgan fingerprint density at radius 1 is 1.56 bits per heavy atom. The van der Waals surface area contributed by atoms with Gasteiger partial charge < -0.3 is 9.84 Å². The fourth-order valence-corrected chi connectivity index (χ4v) is 2.89. The molecule has 7 heteroatoms. The Bertz CT molecular complexity index is 353. The molecule has 1 aliphatic rings. The first kappa shape index (κ1) is 13.7. The van der Waals surface area contributed by atoms with Crippen LogP contribution < -0.4 is 11.3 Å². The molecule has 2 heterocycles. The molecule has 1 saturated heterocycles. The molecule has 0 atom stereocenters. The Hall–Kier alpha value is -0.730. The molecular formula is C11H20N4O2S. The second-order valence-corrected chi connectivity index (χ2v) is 5.46. The third-order valence-corrected chi connectivity index (χ3v) is 3.95. The summed E-state index contributed by atoms with van der Waals surface area (Å²) >= 11 is 1.59. The minimum Gasteiger partial charge on any atom is -0.394 e. The monoisotopic (exact) mass is 272 g/mol. The highest BCUT2D eigenvalue weighted by Crippen LogP contribution is 2.21. The number of thiazole rings is 1. The Kier molecular flexibility index (Phi) is 5.33. The van der Waals surface area contributed by atoms with Crippen molar-refractivity contribution >= 4 is 16.5 Å².